The Morgan fingerprint density at radius 2 is 2.10 bits per heavy atom. The van der Waals surface area contributed by atoms with Gasteiger partial charge in [-0.15, -0.1) is 11.3 Å². The number of aryl methyl sites for hydroxylation is 1. The lowest BCUT2D eigenvalue weighted by atomic mass is 10.1. The minimum Gasteiger partial charge on any atom is -0.439 e. The molecule has 3 N–H and O–H groups in total. The summed E-state index contributed by atoms with van der Waals surface area (Å²) in [4.78, 5) is 15.3. The van der Waals surface area contributed by atoms with Crippen molar-refractivity contribution in [3.8, 4) is 11.6 Å². The molecule has 30 heavy (non-hydrogen) atoms. The van der Waals surface area contributed by atoms with Crippen LogP contribution >= 0.6 is 11.3 Å². The lowest BCUT2D eigenvalue weighted by Gasteiger charge is -2.14. The molecular formula is C24H21N3O2S. The van der Waals surface area contributed by atoms with Crippen molar-refractivity contribution in [3.05, 3.63) is 88.4 Å². The van der Waals surface area contributed by atoms with Gasteiger partial charge in [0.25, 0.3) is 0 Å². The van der Waals surface area contributed by atoms with Gasteiger partial charge < -0.3 is 15.8 Å². The molecule has 1 unspecified atom stereocenters. The Kier molecular flexibility index (Phi) is 4.94. The van der Waals surface area contributed by atoms with Gasteiger partial charge in [-0.05, 0) is 64.6 Å². The van der Waals surface area contributed by atoms with Gasteiger partial charge in [0.2, 0.25) is 11.8 Å². The van der Waals surface area contributed by atoms with Crippen LogP contribution < -0.4 is 15.8 Å². The number of nitrogens with one attached hydrogen (secondary N) is 1. The average Bonchev–Trinajstić information content (AvgIpc) is 3.36. The van der Waals surface area contributed by atoms with Crippen LogP contribution in [-0.4, -0.2) is 10.9 Å². The van der Waals surface area contributed by atoms with E-state index in [-0.39, 0.29) is 0 Å². The molecule has 1 amide bonds. The number of nitrogens with zero attached hydrogens (tertiary/aromatic N) is 1. The molecule has 0 saturated carbocycles. The van der Waals surface area contributed by atoms with E-state index in [4.69, 9.17) is 10.5 Å². The molecule has 4 aromatic rings. The number of carbonyl (C=O) groups excluding carboxylic acids is 1. The van der Waals surface area contributed by atoms with E-state index >= 15 is 0 Å². The highest BCUT2D eigenvalue weighted by molar-refractivity contribution is 7.17. The van der Waals surface area contributed by atoms with Gasteiger partial charge in [-0.3, -0.25) is 4.79 Å². The molecule has 5 rings (SSSR count). The molecule has 150 valence electrons. The Balaban J connectivity index is 1.27. The van der Waals surface area contributed by atoms with E-state index in [2.05, 4.69) is 52.1 Å². The number of hydrogen-bond acceptors (Lipinski definition) is 5. The van der Waals surface area contributed by atoms with Crippen LogP contribution in [0.1, 0.15) is 39.5 Å². The lowest BCUT2D eigenvalue weighted by molar-refractivity contribution is 0.1000. The minimum atomic E-state index is -0.499. The second-order valence-corrected chi connectivity index (χ2v) is 8.35. The van der Waals surface area contributed by atoms with E-state index in [0.29, 0.717) is 17.5 Å². The first-order valence-corrected chi connectivity index (χ1v) is 10.8. The molecule has 6 heteroatoms. The number of primary amides is 1. The summed E-state index contributed by atoms with van der Waals surface area (Å²) in [6.45, 7) is 0.864. The first kappa shape index (κ1) is 18.8. The quantitative estimate of drug-likeness (QED) is 0.466. The van der Waals surface area contributed by atoms with Crippen molar-refractivity contribution in [2.45, 2.75) is 25.4 Å². The number of nitrogens with two attached hydrogens (primary N) is 1. The summed E-state index contributed by atoms with van der Waals surface area (Å²) in [6.07, 6.45) is 3.52. The fourth-order valence-electron chi connectivity index (χ4n) is 3.98. The standard InChI is InChI=1S/C24H21N3O2S/c25-24(28)16-6-10-23(27-12-16)29-18-7-8-19-15(11-18)5-9-21(19)26-13-17-14-30-22-4-2-1-3-20(17)22/h1-4,6-8,10-12,14,21,26H,5,9,13H2,(H2,25,28). The first-order valence-electron chi connectivity index (χ1n) is 9.92. The maximum absolute atomic E-state index is 11.2. The molecule has 0 spiro atoms. The van der Waals surface area contributed by atoms with Gasteiger partial charge in [0.1, 0.15) is 5.75 Å². The van der Waals surface area contributed by atoms with E-state index in [1.54, 1.807) is 23.5 Å². The van der Waals surface area contributed by atoms with Crippen molar-refractivity contribution >= 4 is 27.3 Å². The van der Waals surface area contributed by atoms with Crippen LogP contribution in [0.15, 0.2) is 66.2 Å². The number of benzene rings is 2. The Morgan fingerprint density at radius 1 is 1.20 bits per heavy atom. The Hall–Kier alpha value is -3.22. The van der Waals surface area contributed by atoms with E-state index < -0.39 is 5.91 Å². The van der Waals surface area contributed by atoms with Gasteiger partial charge in [-0.1, -0.05) is 24.3 Å². The summed E-state index contributed by atoms with van der Waals surface area (Å²) < 4.78 is 7.19. The maximum atomic E-state index is 11.2. The number of rotatable bonds is 6. The molecule has 2 aromatic carbocycles. The molecule has 1 atom stereocenters. The van der Waals surface area contributed by atoms with Crippen molar-refractivity contribution in [2.24, 2.45) is 5.73 Å². The van der Waals surface area contributed by atoms with Crippen LogP contribution in [0, 0.1) is 0 Å². The second kappa shape index (κ2) is 7.89. The predicted molar refractivity (Wildman–Crippen MR) is 119 cm³/mol. The van der Waals surface area contributed by atoms with Crippen molar-refractivity contribution in [1.29, 1.82) is 0 Å². The van der Waals surface area contributed by atoms with E-state index in [0.717, 1.165) is 25.1 Å². The summed E-state index contributed by atoms with van der Waals surface area (Å²) in [7, 11) is 0. The number of hydrogen-bond donors (Lipinski definition) is 2. The number of fused-ring (bicyclic) bond motifs is 2. The highest BCUT2D eigenvalue weighted by Crippen LogP contribution is 2.35. The van der Waals surface area contributed by atoms with Crippen LogP contribution in [0.2, 0.25) is 0 Å². The van der Waals surface area contributed by atoms with Gasteiger partial charge in [-0.25, -0.2) is 4.98 Å². The maximum Gasteiger partial charge on any atom is 0.250 e. The molecule has 0 aliphatic heterocycles. The zero-order valence-corrected chi connectivity index (χ0v) is 17.1. The third kappa shape index (κ3) is 3.67. The highest BCUT2D eigenvalue weighted by atomic mass is 32.1. The van der Waals surface area contributed by atoms with Gasteiger partial charge in [-0.2, -0.15) is 0 Å². The van der Waals surface area contributed by atoms with Gasteiger partial charge in [0.15, 0.2) is 0 Å². The third-order valence-electron chi connectivity index (χ3n) is 5.54. The van der Waals surface area contributed by atoms with Crippen molar-refractivity contribution in [3.63, 3.8) is 0 Å². The monoisotopic (exact) mass is 415 g/mol. The van der Waals surface area contributed by atoms with Crippen LogP contribution in [0.4, 0.5) is 0 Å². The zero-order chi connectivity index (χ0) is 20.5. The van der Waals surface area contributed by atoms with Crippen molar-refractivity contribution in [2.75, 3.05) is 0 Å². The largest absolute Gasteiger partial charge is 0.439 e. The SMILES string of the molecule is NC(=O)c1ccc(Oc2ccc3c(c2)CCC3NCc2csc3ccccc23)nc1. The normalized spacial score (nSPS) is 15.3. The second-order valence-electron chi connectivity index (χ2n) is 7.44. The summed E-state index contributed by atoms with van der Waals surface area (Å²) in [5, 5.41) is 7.32. The molecule has 2 heterocycles. The summed E-state index contributed by atoms with van der Waals surface area (Å²) >= 11 is 1.80. The molecule has 1 aliphatic rings. The van der Waals surface area contributed by atoms with Crippen LogP contribution in [0.25, 0.3) is 10.1 Å². The lowest BCUT2D eigenvalue weighted by Crippen LogP contribution is -2.18. The Morgan fingerprint density at radius 3 is 2.93 bits per heavy atom. The summed E-state index contributed by atoms with van der Waals surface area (Å²) in [6, 6.07) is 18.4. The number of aromatic nitrogens is 1. The smallest absolute Gasteiger partial charge is 0.250 e. The number of pyridine rings is 1. The van der Waals surface area contributed by atoms with Crippen molar-refractivity contribution in [1.82, 2.24) is 10.3 Å². The summed E-state index contributed by atoms with van der Waals surface area (Å²) in [5.74, 6) is 0.690. The van der Waals surface area contributed by atoms with Crippen molar-refractivity contribution < 1.29 is 9.53 Å². The van der Waals surface area contributed by atoms with Gasteiger partial charge in [0, 0.05) is 29.5 Å². The predicted octanol–water partition coefficient (Wildman–Crippen LogP) is 4.96. The number of thiophene rings is 1. The van der Waals surface area contributed by atoms with Crippen LogP contribution in [0.5, 0.6) is 11.6 Å². The number of ether oxygens (including phenoxy) is 1. The number of amides is 1. The Bertz CT molecular complexity index is 1220. The number of carbonyl (C=O) groups is 1. The third-order valence-corrected chi connectivity index (χ3v) is 6.55. The topological polar surface area (TPSA) is 77.2 Å². The van der Waals surface area contributed by atoms with Gasteiger partial charge >= 0.3 is 0 Å². The highest BCUT2D eigenvalue weighted by Gasteiger charge is 2.23. The molecule has 1 aliphatic carbocycles. The summed E-state index contributed by atoms with van der Waals surface area (Å²) in [5.41, 5.74) is 9.60. The molecule has 5 nitrogen and oxygen atoms in total. The molecule has 0 radical (unpaired) electrons. The molecule has 0 saturated heterocycles. The fraction of sp³-hybridized carbons (Fsp3) is 0.167. The fourth-order valence-corrected chi connectivity index (χ4v) is 4.94. The first-order chi connectivity index (χ1) is 14.7. The molecule has 2 aromatic heterocycles. The van der Waals surface area contributed by atoms with Gasteiger partial charge in [0.05, 0.1) is 5.56 Å². The average molecular weight is 416 g/mol. The van der Waals surface area contributed by atoms with E-state index in [1.165, 1.54) is 33.0 Å². The minimum absolute atomic E-state index is 0.348. The van der Waals surface area contributed by atoms with Crippen LogP contribution in [0.3, 0.4) is 0 Å². The molecular weight excluding hydrogens is 394 g/mol. The molecule has 0 fully saturated rings. The molecule has 0 bridgehead atoms. The zero-order valence-electron chi connectivity index (χ0n) is 16.3. The van der Waals surface area contributed by atoms with Crippen LogP contribution in [-0.2, 0) is 13.0 Å². The van der Waals surface area contributed by atoms with E-state index in [9.17, 15) is 4.79 Å². The Labute approximate surface area is 178 Å². The van der Waals surface area contributed by atoms with E-state index in [1.807, 2.05) is 6.07 Å².